The lowest BCUT2D eigenvalue weighted by atomic mass is 10.1. The van der Waals surface area contributed by atoms with Gasteiger partial charge in [0.1, 0.15) is 0 Å². The van der Waals surface area contributed by atoms with Gasteiger partial charge in [-0.25, -0.2) is 13.1 Å². The lowest BCUT2D eigenvalue weighted by Crippen LogP contribution is -2.40. The number of carbonyl (C=O) groups is 1. The molecule has 0 fully saturated rings. The first kappa shape index (κ1) is 21.3. The molecule has 0 saturated carbocycles. The number of carbonyl (C=O) groups excluding carboxylic acids is 1. The minimum Gasteiger partial charge on any atom is -0.322 e. The number of sulfonamides is 1. The molecule has 0 aromatic heterocycles. The summed E-state index contributed by atoms with van der Waals surface area (Å²) in [4.78, 5) is 22.6. The van der Waals surface area contributed by atoms with E-state index in [4.69, 9.17) is 0 Å². The van der Waals surface area contributed by atoms with Crippen LogP contribution in [0.1, 0.15) is 26.3 Å². The standard InChI is InChI=1S/C19H21N3O5S/c1-19(2,3)21-28(26,27)16-9-6-8-15(13-16)20-18(23)12-11-14-7-4-5-10-17(14)22(24)25/h4-13,21H,1-3H3,(H,20,23)/b12-11+. The molecular formula is C19H21N3O5S. The number of benzene rings is 2. The number of rotatable bonds is 6. The fourth-order valence-corrected chi connectivity index (χ4v) is 3.81. The number of nitrogens with one attached hydrogen (secondary N) is 2. The monoisotopic (exact) mass is 403 g/mol. The Morgan fingerprint density at radius 2 is 1.79 bits per heavy atom. The molecule has 8 nitrogen and oxygen atoms in total. The number of para-hydroxylation sites is 1. The Balaban J connectivity index is 2.17. The molecule has 2 rings (SSSR count). The predicted molar refractivity (Wildman–Crippen MR) is 107 cm³/mol. The second-order valence-corrected chi connectivity index (χ2v) is 8.70. The van der Waals surface area contributed by atoms with Crippen LogP contribution in [0.15, 0.2) is 59.5 Å². The summed E-state index contributed by atoms with van der Waals surface area (Å²) in [5.41, 5.74) is -0.194. The summed E-state index contributed by atoms with van der Waals surface area (Å²) in [7, 11) is -3.74. The van der Waals surface area contributed by atoms with E-state index in [1.807, 2.05) is 0 Å². The van der Waals surface area contributed by atoms with E-state index in [0.717, 1.165) is 6.08 Å². The normalized spacial score (nSPS) is 12.1. The van der Waals surface area contributed by atoms with Crippen molar-refractivity contribution in [1.29, 1.82) is 0 Å². The lowest BCUT2D eigenvalue weighted by molar-refractivity contribution is -0.385. The average Bonchev–Trinajstić information content (AvgIpc) is 2.58. The van der Waals surface area contributed by atoms with Crippen molar-refractivity contribution >= 4 is 33.4 Å². The van der Waals surface area contributed by atoms with Gasteiger partial charge in [-0.15, -0.1) is 0 Å². The first-order valence-electron chi connectivity index (χ1n) is 8.34. The van der Waals surface area contributed by atoms with Crippen LogP contribution in [0.25, 0.3) is 6.08 Å². The molecule has 0 saturated heterocycles. The summed E-state index contributed by atoms with van der Waals surface area (Å²) in [6, 6.07) is 11.8. The van der Waals surface area contributed by atoms with Gasteiger partial charge >= 0.3 is 0 Å². The van der Waals surface area contributed by atoms with Gasteiger partial charge in [-0.05, 0) is 51.1 Å². The van der Waals surface area contributed by atoms with Gasteiger partial charge in [0.25, 0.3) is 5.69 Å². The van der Waals surface area contributed by atoms with Gasteiger partial charge < -0.3 is 5.32 Å². The summed E-state index contributed by atoms with van der Waals surface area (Å²) >= 11 is 0. The molecule has 0 aliphatic carbocycles. The summed E-state index contributed by atoms with van der Waals surface area (Å²) < 4.78 is 27.3. The van der Waals surface area contributed by atoms with Gasteiger partial charge in [0.15, 0.2) is 0 Å². The van der Waals surface area contributed by atoms with Crippen LogP contribution in [0.3, 0.4) is 0 Å². The Labute approximate surface area is 163 Å². The van der Waals surface area contributed by atoms with E-state index in [9.17, 15) is 23.3 Å². The highest BCUT2D eigenvalue weighted by atomic mass is 32.2. The number of amides is 1. The smallest absolute Gasteiger partial charge is 0.276 e. The first-order valence-corrected chi connectivity index (χ1v) is 9.83. The molecule has 9 heteroatoms. The number of nitrogens with zero attached hydrogens (tertiary/aromatic N) is 1. The molecule has 0 aliphatic heterocycles. The molecule has 0 heterocycles. The predicted octanol–water partition coefficient (Wildman–Crippen LogP) is 3.32. The third kappa shape index (κ3) is 6.00. The summed E-state index contributed by atoms with van der Waals surface area (Å²) in [5, 5.41) is 13.5. The lowest BCUT2D eigenvalue weighted by Gasteiger charge is -2.20. The highest BCUT2D eigenvalue weighted by molar-refractivity contribution is 7.89. The van der Waals surface area contributed by atoms with E-state index in [1.165, 1.54) is 42.5 Å². The zero-order valence-electron chi connectivity index (χ0n) is 15.7. The van der Waals surface area contributed by atoms with Gasteiger partial charge in [0, 0.05) is 23.4 Å². The summed E-state index contributed by atoms with van der Waals surface area (Å²) in [6.45, 7) is 5.18. The number of hydrogen-bond acceptors (Lipinski definition) is 5. The van der Waals surface area contributed by atoms with Crippen molar-refractivity contribution in [3.63, 3.8) is 0 Å². The molecule has 28 heavy (non-hydrogen) atoms. The zero-order valence-corrected chi connectivity index (χ0v) is 16.5. The molecule has 0 spiro atoms. The van der Waals surface area contributed by atoms with Crippen molar-refractivity contribution in [3.05, 3.63) is 70.3 Å². The molecule has 148 valence electrons. The molecular weight excluding hydrogens is 382 g/mol. The summed E-state index contributed by atoms with van der Waals surface area (Å²) in [6.07, 6.45) is 2.48. The van der Waals surface area contributed by atoms with E-state index in [-0.39, 0.29) is 21.8 Å². The third-order valence-electron chi connectivity index (χ3n) is 3.40. The van der Waals surface area contributed by atoms with Crippen LogP contribution in [-0.4, -0.2) is 24.8 Å². The minimum atomic E-state index is -3.74. The maximum atomic E-state index is 12.4. The average molecular weight is 403 g/mol. The van der Waals surface area contributed by atoms with Gasteiger partial charge in [0.2, 0.25) is 15.9 Å². The largest absolute Gasteiger partial charge is 0.322 e. The Morgan fingerprint density at radius 3 is 2.43 bits per heavy atom. The molecule has 0 unspecified atom stereocenters. The maximum Gasteiger partial charge on any atom is 0.276 e. The van der Waals surface area contributed by atoms with Crippen LogP contribution >= 0.6 is 0 Å². The second kappa shape index (κ2) is 8.32. The Bertz CT molecular complexity index is 1020. The fourth-order valence-electron chi connectivity index (χ4n) is 2.35. The van der Waals surface area contributed by atoms with Crippen molar-refractivity contribution in [1.82, 2.24) is 4.72 Å². The van der Waals surface area contributed by atoms with Gasteiger partial charge in [-0.1, -0.05) is 18.2 Å². The molecule has 2 aromatic rings. The van der Waals surface area contributed by atoms with Gasteiger partial charge in [-0.2, -0.15) is 0 Å². The van der Waals surface area contributed by atoms with Crippen LogP contribution in [0, 0.1) is 10.1 Å². The number of nitro benzene ring substituents is 1. The van der Waals surface area contributed by atoms with E-state index < -0.39 is 26.4 Å². The quantitative estimate of drug-likeness (QED) is 0.436. The van der Waals surface area contributed by atoms with Crippen molar-refractivity contribution in [2.45, 2.75) is 31.2 Å². The Morgan fingerprint density at radius 1 is 1.11 bits per heavy atom. The maximum absolute atomic E-state index is 12.4. The van der Waals surface area contributed by atoms with Crippen LogP contribution in [0.2, 0.25) is 0 Å². The topological polar surface area (TPSA) is 118 Å². The van der Waals surface area contributed by atoms with Crippen molar-refractivity contribution in [2.75, 3.05) is 5.32 Å². The highest BCUT2D eigenvalue weighted by Gasteiger charge is 2.22. The molecule has 0 atom stereocenters. The van der Waals surface area contributed by atoms with E-state index in [1.54, 1.807) is 32.9 Å². The zero-order chi connectivity index (χ0) is 20.9. The van der Waals surface area contributed by atoms with E-state index in [2.05, 4.69) is 10.0 Å². The minimum absolute atomic E-state index is 0.0166. The number of hydrogen-bond donors (Lipinski definition) is 2. The molecule has 0 bridgehead atoms. The molecule has 2 aromatic carbocycles. The van der Waals surface area contributed by atoms with Crippen LogP contribution < -0.4 is 10.0 Å². The molecule has 0 aliphatic rings. The van der Waals surface area contributed by atoms with Gasteiger partial charge in [0.05, 0.1) is 15.4 Å². The second-order valence-electron chi connectivity index (χ2n) is 7.02. The highest BCUT2D eigenvalue weighted by Crippen LogP contribution is 2.20. The number of nitro groups is 1. The van der Waals surface area contributed by atoms with E-state index >= 15 is 0 Å². The number of anilines is 1. The fraction of sp³-hybridized carbons (Fsp3) is 0.211. The van der Waals surface area contributed by atoms with Crippen molar-refractivity contribution < 1.29 is 18.1 Å². The molecule has 1 amide bonds. The molecule has 0 radical (unpaired) electrons. The van der Waals surface area contributed by atoms with Gasteiger partial charge in [-0.3, -0.25) is 14.9 Å². The summed E-state index contributed by atoms with van der Waals surface area (Å²) in [5.74, 6) is -0.545. The van der Waals surface area contributed by atoms with Crippen LogP contribution in [0.5, 0.6) is 0 Å². The SMILES string of the molecule is CC(C)(C)NS(=O)(=O)c1cccc(NC(=O)/C=C/c2ccccc2[N+](=O)[O-])c1. The van der Waals surface area contributed by atoms with E-state index in [0.29, 0.717) is 0 Å². The Kier molecular flexibility index (Phi) is 6.32. The molecule has 2 N–H and O–H groups in total. The Hall–Kier alpha value is -3.04. The van der Waals surface area contributed by atoms with Crippen LogP contribution in [0.4, 0.5) is 11.4 Å². The van der Waals surface area contributed by atoms with Crippen molar-refractivity contribution in [3.8, 4) is 0 Å². The third-order valence-corrected chi connectivity index (χ3v) is 5.16. The van der Waals surface area contributed by atoms with Crippen LogP contribution in [-0.2, 0) is 14.8 Å². The first-order chi connectivity index (χ1) is 13.0. The van der Waals surface area contributed by atoms with Crippen molar-refractivity contribution in [2.24, 2.45) is 0 Å².